The Morgan fingerprint density at radius 3 is 1.25 bits per heavy atom. The second-order valence-electron chi connectivity index (χ2n) is 14.5. The van der Waals surface area contributed by atoms with Crippen LogP contribution in [0.3, 0.4) is 0 Å². The van der Waals surface area contributed by atoms with Crippen molar-refractivity contribution >= 4 is 49.8 Å². The maximum absolute atomic E-state index is 8.47. The summed E-state index contributed by atoms with van der Waals surface area (Å²) in [6.07, 6.45) is 7.56. The van der Waals surface area contributed by atoms with Crippen molar-refractivity contribution in [3.05, 3.63) is 230 Å². The highest BCUT2D eigenvalue weighted by Crippen LogP contribution is 2.43. The summed E-state index contributed by atoms with van der Waals surface area (Å²) in [5, 5.41) is 21.8. The largest absolute Gasteiger partial charge is 0.399 e. The highest BCUT2D eigenvalue weighted by atomic mass is 14.6. The van der Waals surface area contributed by atoms with Crippen LogP contribution in [0.4, 0.5) is 5.69 Å². The van der Waals surface area contributed by atoms with Gasteiger partial charge in [0, 0.05) is 29.2 Å². The highest BCUT2D eigenvalue weighted by molar-refractivity contribution is 6.61. The molecule has 0 saturated carbocycles. The Balaban J connectivity index is 0.000000154. The number of allylic oxidation sites excluding steroid dienone is 4. The summed E-state index contributed by atoms with van der Waals surface area (Å²) in [6.45, 7) is 0. The van der Waals surface area contributed by atoms with Crippen LogP contribution in [-0.4, -0.2) is 16.4 Å². The highest BCUT2D eigenvalue weighted by Gasteiger charge is 2.19. The molecule has 0 spiro atoms. The molecule has 9 aromatic rings. The van der Waals surface area contributed by atoms with Crippen molar-refractivity contribution in [3.63, 3.8) is 0 Å². The van der Waals surface area contributed by atoms with E-state index in [1.807, 2.05) is 85.2 Å². The molecule has 0 aliphatic heterocycles. The molecule has 0 saturated heterocycles. The number of nitrogens with zero attached hydrogens (tertiary/aromatic N) is 1. The van der Waals surface area contributed by atoms with Crippen LogP contribution in [0.2, 0.25) is 0 Å². The van der Waals surface area contributed by atoms with Crippen molar-refractivity contribution in [3.8, 4) is 44.5 Å². The number of aromatic nitrogens is 1. The van der Waals surface area contributed by atoms with Gasteiger partial charge in [-0.25, -0.2) is 0 Å². The topological polar surface area (TPSA) is 86.6 Å². The van der Waals surface area contributed by atoms with Crippen molar-refractivity contribution in [2.75, 3.05) is 5.73 Å². The molecule has 10 rings (SSSR count). The van der Waals surface area contributed by atoms with Crippen LogP contribution in [0.15, 0.2) is 219 Å². The number of hydrogen-bond donors (Lipinski definition) is 3. The van der Waals surface area contributed by atoms with Gasteiger partial charge < -0.3 is 5.73 Å². The number of anilines is 1. The number of nitrogens with two attached hydrogens (primary N) is 1. The average Bonchev–Trinajstić information content (AvgIpc) is 3.30. The van der Waals surface area contributed by atoms with Crippen molar-refractivity contribution in [2.24, 2.45) is 0 Å². The van der Waals surface area contributed by atoms with E-state index in [4.69, 9.17) is 16.6 Å². The van der Waals surface area contributed by atoms with Crippen LogP contribution < -0.4 is 5.73 Å². The Morgan fingerprint density at radius 1 is 0.356 bits per heavy atom. The number of pyridine rings is 1. The van der Waals surface area contributed by atoms with Gasteiger partial charge in [0.1, 0.15) is 0 Å². The minimum absolute atomic E-state index is 0.233. The molecule has 0 atom stereocenters. The molecule has 1 aliphatic carbocycles. The Labute approximate surface area is 344 Å². The molecule has 4 nitrogen and oxygen atoms in total. The monoisotopic (exact) mass is 756 g/mol. The van der Waals surface area contributed by atoms with Gasteiger partial charge in [-0.3, -0.25) is 15.8 Å². The van der Waals surface area contributed by atoms with E-state index in [0.29, 0.717) is 0 Å². The Bertz CT molecular complexity index is 2960. The van der Waals surface area contributed by atoms with Gasteiger partial charge in [0.25, 0.3) is 0 Å². The zero-order chi connectivity index (χ0) is 40.1. The third kappa shape index (κ3) is 7.51. The van der Waals surface area contributed by atoms with Crippen LogP contribution in [-0.2, 0) is 0 Å². The lowest BCUT2D eigenvalue weighted by atomic mass is 9.86. The van der Waals surface area contributed by atoms with E-state index >= 15 is 0 Å². The van der Waals surface area contributed by atoms with Crippen molar-refractivity contribution in [1.29, 1.82) is 10.8 Å². The first kappa shape index (κ1) is 36.7. The standard InChI is InChI=1S/C30H22N2.C25H18N2/c31-29-20-27(25-13-11-23(12-14-25)21-7-3-1-4-8-21)19-28(30(29)32)26-17-15-24(16-18-26)22-9-5-2-6-10-22;26-19-13-11-17(12-14-19)24-20-7-1-3-9-22(20)25(18-6-5-15-27-16-18)23-10-4-2-8-21(23)24/h1-20,31-32H;1-16H,26H2. The summed E-state index contributed by atoms with van der Waals surface area (Å²) >= 11 is 0. The van der Waals surface area contributed by atoms with Gasteiger partial charge in [0.2, 0.25) is 0 Å². The SMILES string of the molecule is N=C1C=C(c2ccc(-c3ccccc3)cc2)C=C(c2ccc(-c3ccccc3)cc2)C1=N.Nc1ccc(-c2c3ccccc3c(-c3cccnc3)c3ccccc23)cc1. The predicted molar refractivity (Wildman–Crippen MR) is 250 cm³/mol. The van der Waals surface area contributed by atoms with Crippen molar-refractivity contribution in [1.82, 2.24) is 4.98 Å². The third-order valence-electron chi connectivity index (χ3n) is 10.8. The second-order valence-corrected chi connectivity index (χ2v) is 14.5. The van der Waals surface area contributed by atoms with Gasteiger partial charge in [0.15, 0.2) is 0 Å². The number of benzene rings is 8. The molecule has 8 aromatic carbocycles. The average molecular weight is 757 g/mol. The van der Waals surface area contributed by atoms with Crippen LogP contribution in [0.25, 0.3) is 77.2 Å². The summed E-state index contributed by atoms with van der Waals surface area (Å²) in [6, 6.07) is 66.6. The molecule has 4 heteroatoms. The maximum atomic E-state index is 8.47. The molecule has 4 N–H and O–H groups in total. The Morgan fingerprint density at radius 2 is 0.763 bits per heavy atom. The molecule has 0 unspecified atom stereocenters. The van der Waals surface area contributed by atoms with Gasteiger partial charge in [0.05, 0.1) is 11.4 Å². The van der Waals surface area contributed by atoms with Crippen LogP contribution >= 0.6 is 0 Å². The maximum Gasteiger partial charge on any atom is 0.0867 e. The summed E-state index contributed by atoms with van der Waals surface area (Å²) in [5.74, 6) is 0. The number of rotatable bonds is 6. The molecule has 0 radical (unpaired) electrons. The molecular weight excluding hydrogens is 717 g/mol. The van der Waals surface area contributed by atoms with Gasteiger partial charge in [-0.2, -0.15) is 0 Å². The fraction of sp³-hybridized carbons (Fsp3) is 0. The summed E-state index contributed by atoms with van der Waals surface area (Å²) in [4.78, 5) is 4.35. The van der Waals surface area contributed by atoms with Crippen LogP contribution in [0, 0.1) is 10.8 Å². The van der Waals surface area contributed by atoms with Crippen LogP contribution in [0.5, 0.6) is 0 Å². The molecule has 0 amide bonds. The van der Waals surface area contributed by atoms with Crippen molar-refractivity contribution < 1.29 is 0 Å². The Kier molecular flexibility index (Phi) is 10.1. The second kappa shape index (κ2) is 16.3. The van der Waals surface area contributed by atoms with E-state index < -0.39 is 0 Å². The number of nitrogen functional groups attached to an aromatic ring is 1. The number of nitrogens with one attached hydrogen (secondary N) is 2. The zero-order valence-corrected chi connectivity index (χ0v) is 32.3. The quantitative estimate of drug-likeness (QED) is 0.0896. The van der Waals surface area contributed by atoms with Gasteiger partial charge in [-0.15, -0.1) is 0 Å². The van der Waals surface area contributed by atoms with Gasteiger partial charge in [-0.05, 0) is 108 Å². The van der Waals surface area contributed by atoms with Gasteiger partial charge >= 0.3 is 0 Å². The molecule has 59 heavy (non-hydrogen) atoms. The normalized spacial score (nSPS) is 12.4. The van der Waals surface area contributed by atoms with Gasteiger partial charge in [-0.1, -0.05) is 176 Å². The molecule has 0 bridgehead atoms. The lowest BCUT2D eigenvalue weighted by molar-refractivity contribution is 1.33. The molecule has 1 aliphatic rings. The summed E-state index contributed by atoms with van der Waals surface area (Å²) < 4.78 is 0. The lowest BCUT2D eigenvalue weighted by Crippen LogP contribution is -2.15. The minimum atomic E-state index is 0.233. The first-order valence-electron chi connectivity index (χ1n) is 19.6. The number of fused-ring (bicyclic) bond motifs is 2. The molecule has 0 fully saturated rings. The van der Waals surface area contributed by atoms with E-state index in [-0.39, 0.29) is 11.4 Å². The fourth-order valence-electron chi connectivity index (χ4n) is 7.91. The van der Waals surface area contributed by atoms with E-state index in [0.717, 1.165) is 44.7 Å². The Hall–Kier alpha value is -7.95. The lowest BCUT2D eigenvalue weighted by Gasteiger charge is -2.17. The summed E-state index contributed by atoms with van der Waals surface area (Å²) in [7, 11) is 0. The van der Waals surface area contributed by atoms with Crippen molar-refractivity contribution in [2.45, 2.75) is 0 Å². The minimum Gasteiger partial charge on any atom is -0.399 e. The molecule has 280 valence electrons. The zero-order valence-electron chi connectivity index (χ0n) is 32.3. The van der Waals surface area contributed by atoms with E-state index in [2.05, 4.69) is 132 Å². The number of hydrogen-bond acceptors (Lipinski definition) is 4. The smallest absolute Gasteiger partial charge is 0.0867 e. The summed E-state index contributed by atoms with van der Waals surface area (Å²) in [5.41, 5.74) is 20.3. The molecular formula is C55H40N4. The first-order valence-corrected chi connectivity index (χ1v) is 19.6. The van der Waals surface area contributed by atoms with E-state index in [1.165, 1.54) is 49.4 Å². The van der Waals surface area contributed by atoms with Crippen LogP contribution in [0.1, 0.15) is 11.1 Å². The predicted octanol–water partition coefficient (Wildman–Crippen LogP) is 13.8. The molecule has 1 heterocycles. The first-order chi connectivity index (χ1) is 29.0. The van der Waals surface area contributed by atoms with E-state index in [1.54, 1.807) is 6.08 Å². The van der Waals surface area contributed by atoms with E-state index in [9.17, 15) is 0 Å². The molecule has 1 aromatic heterocycles. The fourth-order valence-corrected chi connectivity index (χ4v) is 7.91. The third-order valence-corrected chi connectivity index (χ3v) is 10.8.